The predicted molar refractivity (Wildman–Crippen MR) is 63.6 cm³/mol. The van der Waals surface area contributed by atoms with Crippen LogP contribution in [0.15, 0.2) is 17.8 Å². The van der Waals surface area contributed by atoms with Gasteiger partial charge in [0.05, 0.1) is 19.2 Å². The van der Waals surface area contributed by atoms with Crippen LogP contribution in [0.1, 0.15) is 10.7 Å². The molecule has 6 heteroatoms. The summed E-state index contributed by atoms with van der Waals surface area (Å²) in [5, 5.41) is 2.59. The molecule has 0 aromatic carbocycles. The first kappa shape index (κ1) is 11.7. The number of ether oxygens (including phenoxy) is 1. The van der Waals surface area contributed by atoms with E-state index >= 15 is 0 Å². The van der Waals surface area contributed by atoms with Gasteiger partial charge >= 0.3 is 5.97 Å². The highest BCUT2D eigenvalue weighted by molar-refractivity contribution is 7.10. The number of rotatable bonds is 3. The Labute approximate surface area is 103 Å². The molecule has 0 saturated carbocycles. The molecular formula is C11H11N3O2S. The van der Waals surface area contributed by atoms with E-state index in [0.29, 0.717) is 0 Å². The van der Waals surface area contributed by atoms with Crippen molar-refractivity contribution < 1.29 is 9.53 Å². The molecule has 0 bridgehead atoms. The summed E-state index contributed by atoms with van der Waals surface area (Å²) >= 11 is 1.42. The van der Waals surface area contributed by atoms with Crippen molar-refractivity contribution in [2.45, 2.75) is 13.3 Å². The zero-order valence-electron chi connectivity index (χ0n) is 9.51. The van der Waals surface area contributed by atoms with Gasteiger partial charge in [0.25, 0.3) is 0 Å². The smallest absolute Gasteiger partial charge is 0.312 e. The number of thiazole rings is 1. The number of esters is 1. The minimum Gasteiger partial charge on any atom is -0.469 e. The van der Waals surface area contributed by atoms with Crippen molar-refractivity contribution in [2.24, 2.45) is 0 Å². The number of hydrogen-bond donors (Lipinski definition) is 0. The first-order valence-electron chi connectivity index (χ1n) is 5.00. The molecule has 2 rings (SSSR count). The van der Waals surface area contributed by atoms with Crippen molar-refractivity contribution in [3.63, 3.8) is 0 Å². The zero-order valence-corrected chi connectivity index (χ0v) is 10.3. The van der Waals surface area contributed by atoms with E-state index in [-0.39, 0.29) is 12.4 Å². The Balaban J connectivity index is 2.24. The number of carbonyl (C=O) groups excluding carboxylic acids is 1. The fourth-order valence-electron chi connectivity index (χ4n) is 1.36. The van der Waals surface area contributed by atoms with Crippen molar-refractivity contribution in [3.8, 4) is 11.4 Å². The Kier molecular flexibility index (Phi) is 3.43. The Morgan fingerprint density at radius 3 is 2.88 bits per heavy atom. The van der Waals surface area contributed by atoms with E-state index in [4.69, 9.17) is 0 Å². The maximum absolute atomic E-state index is 11.1. The Hall–Kier alpha value is -1.82. The number of aryl methyl sites for hydroxylation is 1. The van der Waals surface area contributed by atoms with Crippen LogP contribution in [0.3, 0.4) is 0 Å². The van der Waals surface area contributed by atoms with Gasteiger partial charge in [-0.3, -0.25) is 14.8 Å². The van der Waals surface area contributed by atoms with Crippen LogP contribution in [-0.2, 0) is 16.0 Å². The van der Waals surface area contributed by atoms with Gasteiger partial charge in [0.1, 0.15) is 16.4 Å². The predicted octanol–water partition coefficient (Wildman–Crippen LogP) is 1.62. The maximum Gasteiger partial charge on any atom is 0.312 e. The third-order valence-corrected chi connectivity index (χ3v) is 3.05. The van der Waals surface area contributed by atoms with Crippen molar-refractivity contribution in [1.29, 1.82) is 0 Å². The zero-order chi connectivity index (χ0) is 12.3. The topological polar surface area (TPSA) is 65.0 Å². The van der Waals surface area contributed by atoms with Gasteiger partial charge in [-0.05, 0) is 6.92 Å². The quantitative estimate of drug-likeness (QED) is 0.773. The van der Waals surface area contributed by atoms with E-state index in [0.717, 1.165) is 22.1 Å². The molecule has 0 unspecified atom stereocenters. The number of aromatic nitrogens is 3. The normalized spacial score (nSPS) is 10.2. The Morgan fingerprint density at radius 1 is 1.41 bits per heavy atom. The highest BCUT2D eigenvalue weighted by Gasteiger charge is 2.11. The summed E-state index contributed by atoms with van der Waals surface area (Å²) in [5.74, 6) is -0.290. The summed E-state index contributed by atoms with van der Waals surface area (Å²) in [6.07, 6.45) is 3.46. The first-order chi connectivity index (χ1) is 8.20. The molecular weight excluding hydrogens is 238 g/mol. The highest BCUT2D eigenvalue weighted by Crippen LogP contribution is 2.21. The lowest BCUT2D eigenvalue weighted by atomic mass is 10.2. The van der Waals surface area contributed by atoms with Gasteiger partial charge < -0.3 is 4.74 Å². The molecule has 0 amide bonds. The second-order valence-corrected chi connectivity index (χ2v) is 4.31. The fraction of sp³-hybridized carbons (Fsp3) is 0.273. The van der Waals surface area contributed by atoms with Crippen LogP contribution in [0.5, 0.6) is 0 Å². The molecule has 5 nitrogen and oxygen atoms in total. The molecule has 0 radical (unpaired) electrons. The number of methoxy groups -OCH3 is 1. The van der Waals surface area contributed by atoms with Gasteiger partial charge in [-0.15, -0.1) is 11.3 Å². The van der Waals surface area contributed by atoms with Crippen molar-refractivity contribution >= 4 is 17.3 Å². The van der Waals surface area contributed by atoms with Crippen LogP contribution < -0.4 is 0 Å². The van der Waals surface area contributed by atoms with E-state index < -0.39 is 0 Å². The van der Waals surface area contributed by atoms with E-state index in [9.17, 15) is 4.79 Å². The van der Waals surface area contributed by atoms with Gasteiger partial charge in [-0.2, -0.15) is 0 Å². The molecule has 2 heterocycles. The van der Waals surface area contributed by atoms with Gasteiger partial charge in [0.2, 0.25) is 0 Å². The summed E-state index contributed by atoms with van der Waals surface area (Å²) in [4.78, 5) is 23.8. The third kappa shape index (κ3) is 2.65. The second-order valence-electron chi connectivity index (χ2n) is 3.37. The van der Waals surface area contributed by atoms with E-state index in [1.807, 2.05) is 12.3 Å². The third-order valence-electron chi connectivity index (χ3n) is 2.20. The average molecular weight is 249 g/mol. The molecule has 0 atom stereocenters. The summed E-state index contributed by atoms with van der Waals surface area (Å²) in [6, 6.07) is 0. The summed E-state index contributed by atoms with van der Waals surface area (Å²) in [7, 11) is 1.36. The molecule has 2 aromatic heterocycles. The molecule has 17 heavy (non-hydrogen) atoms. The molecule has 88 valence electrons. The van der Waals surface area contributed by atoms with Crippen LogP contribution in [-0.4, -0.2) is 28.0 Å². The van der Waals surface area contributed by atoms with Crippen LogP contribution in [0.4, 0.5) is 0 Å². The maximum atomic E-state index is 11.1. The number of nitrogens with zero attached hydrogens (tertiary/aromatic N) is 3. The highest BCUT2D eigenvalue weighted by atomic mass is 32.1. The standard InChI is InChI=1S/C11H11N3O2S/c1-7-11(13-4-3-12-7)8-6-17-9(14-8)5-10(15)16-2/h3-4,6H,5H2,1-2H3. The van der Waals surface area contributed by atoms with Crippen LogP contribution in [0.25, 0.3) is 11.4 Å². The molecule has 0 aliphatic heterocycles. The largest absolute Gasteiger partial charge is 0.469 e. The minimum atomic E-state index is -0.290. The lowest BCUT2D eigenvalue weighted by molar-refractivity contribution is -0.139. The fourth-order valence-corrected chi connectivity index (χ4v) is 2.12. The molecule has 0 saturated heterocycles. The Morgan fingerprint density at radius 2 is 2.18 bits per heavy atom. The molecule has 0 aliphatic rings. The first-order valence-corrected chi connectivity index (χ1v) is 5.88. The average Bonchev–Trinajstić information content (AvgIpc) is 2.78. The Bertz CT molecular complexity index is 539. The monoisotopic (exact) mass is 249 g/mol. The van der Waals surface area contributed by atoms with E-state index in [2.05, 4.69) is 19.7 Å². The van der Waals surface area contributed by atoms with Gasteiger partial charge in [-0.1, -0.05) is 0 Å². The summed E-state index contributed by atoms with van der Waals surface area (Å²) in [6.45, 7) is 1.88. The van der Waals surface area contributed by atoms with Gasteiger partial charge in [0.15, 0.2) is 0 Å². The summed E-state index contributed by atoms with van der Waals surface area (Å²) < 4.78 is 4.59. The number of hydrogen-bond acceptors (Lipinski definition) is 6. The van der Waals surface area contributed by atoms with Crippen LogP contribution >= 0.6 is 11.3 Å². The van der Waals surface area contributed by atoms with Crippen molar-refractivity contribution in [3.05, 3.63) is 28.5 Å². The van der Waals surface area contributed by atoms with E-state index in [1.165, 1.54) is 18.4 Å². The second kappa shape index (κ2) is 5.01. The molecule has 2 aromatic rings. The molecule has 0 spiro atoms. The lowest BCUT2D eigenvalue weighted by Gasteiger charge is -1.98. The van der Waals surface area contributed by atoms with Crippen LogP contribution in [0, 0.1) is 6.92 Å². The van der Waals surface area contributed by atoms with Gasteiger partial charge in [-0.25, -0.2) is 4.98 Å². The minimum absolute atomic E-state index is 0.195. The SMILES string of the molecule is COC(=O)Cc1nc(-c2nccnc2C)cs1. The number of carbonyl (C=O) groups is 1. The molecule has 0 N–H and O–H groups in total. The van der Waals surface area contributed by atoms with E-state index in [1.54, 1.807) is 12.4 Å². The van der Waals surface area contributed by atoms with Crippen molar-refractivity contribution in [2.75, 3.05) is 7.11 Å². The van der Waals surface area contributed by atoms with Gasteiger partial charge in [0, 0.05) is 17.8 Å². The summed E-state index contributed by atoms with van der Waals surface area (Å²) in [5.41, 5.74) is 2.32. The molecule has 0 aliphatic carbocycles. The molecule has 0 fully saturated rings. The van der Waals surface area contributed by atoms with Crippen LogP contribution in [0.2, 0.25) is 0 Å². The van der Waals surface area contributed by atoms with Crippen molar-refractivity contribution in [1.82, 2.24) is 15.0 Å². The lowest BCUT2D eigenvalue weighted by Crippen LogP contribution is -2.04.